The Hall–Kier alpha value is -2.65. The molecule has 1 atom stereocenters. The molecular weight excluding hydrogens is 332 g/mol. The van der Waals surface area contributed by atoms with E-state index in [1.807, 2.05) is 24.3 Å². The zero-order valence-electron chi connectivity index (χ0n) is 15.8. The SMILES string of the molecule is Cc1ccccc1CN1CCCC(C(=O)Nc2cccc3ccccc23)C1. The summed E-state index contributed by atoms with van der Waals surface area (Å²) < 4.78 is 0. The topological polar surface area (TPSA) is 32.3 Å². The van der Waals surface area contributed by atoms with Crippen LogP contribution in [0.5, 0.6) is 0 Å². The molecule has 3 nitrogen and oxygen atoms in total. The Morgan fingerprint density at radius 3 is 2.70 bits per heavy atom. The Morgan fingerprint density at radius 1 is 1.04 bits per heavy atom. The van der Waals surface area contributed by atoms with Crippen molar-refractivity contribution in [3.8, 4) is 0 Å². The fourth-order valence-corrected chi connectivity index (χ4v) is 4.01. The van der Waals surface area contributed by atoms with Gasteiger partial charge in [-0.1, -0.05) is 60.7 Å². The van der Waals surface area contributed by atoms with Crippen molar-refractivity contribution in [2.75, 3.05) is 18.4 Å². The third-order valence-electron chi connectivity index (χ3n) is 5.58. The van der Waals surface area contributed by atoms with Crippen LogP contribution < -0.4 is 5.32 Å². The fraction of sp³-hybridized carbons (Fsp3) is 0.292. The molecule has 4 rings (SSSR count). The lowest BCUT2D eigenvalue weighted by atomic mass is 9.96. The third kappa shape index (κ3) is 4.04. The van der Waals surface area contributed by atoms with Crippen molar-refractivity contribution in [1.82, 2.24) is 4.90 Å². The van der Waals surface area contributed by atoms with E-state index in [2.05, 4.69) is 59.6 Å². The molecule has 0 aromatic heterocycles. The number of rotatable bonds is 4. The maximum atomic E-state index is 12.9. The van der Waals surface area contributed by atoms with Gasteiger partial charge >= 0.3 is 0 Å². The number of piperidine rings is 1. The Labute approximate surface area is 161 Å². The first-order chi connectivity index (χ1) is 13.2. The molecule has 0 bridgehead atoms. The Balaban J connectivity index is 1.45. The minimum atomic E-state index is 0.0433. The molecule has 1 aliphatic heterocycles. The van der Waals surface area contributed by atoms with Crippen LogP contribution in [-0.2, 0) is 11.3 Å². The summed E-state index contributed by atoms with van der Waals surface area (Å²) >= 11 is 0. The maximum absolute atomic E-state index is 12.9. The molecule has 27 heavy (non-hydrogen) atoms. The number of benzene rings is 3. The minimum Gasteiger partial charge on any atom is -0.325 e. The molecule has 0 saturated carbocycles. The number of likely N-dealkylation sites (tertiary alicyclic amines) is 1. The first kappa shape index (κ1) is 17.7. The number of carbonyl (C=O) groups excluding carboxylic acids is 1. The van der Waals surface area contributed by atoms with Crippen molar-refractivity contribution in [3.63, 3.8) is 0 Å². The molecule has 3 aromatic rings. The highest BCUT2D eigenvalue weighted by Gasteiger charge is 2.26. The largest absolute Gasteiger partial charge is 0.325 e. The van der Waals surface area contributed by atoms with Crippen molar-refractivity contribution < 1.29 is 4.79 Å². The van der Waals surface area contributed by atoms with Crippen LogP contribution in [0, 0.1) is 12.8 Å². The number of hydrogen-bond donors (Lipinski definition) is 1. The van der Waals surface area contributed by atoms with E-state index in [4.69, 9.17) is 0 Å². The summed E-state index contributed by atoms with van der Waals surface area (Å²) in [6, 6.07) is 22.8. The molecule has 1 amide bonds. The van der Waals surface area contributed by atoms with E-state index in [1.165, 1.54) is 11.1 Å². The number of hydrogen-bond acceptors (Lipinski definition) is 2. The van der Waals surface area contributed by atoms with Crippen molar-refractivity contribution in [1.29, 1.82) is 0 Å². The zero-order valence-corrected chi connectivity index (χ0v) is 15.8. The number of anilines is 1. The first-order valence-electron chi connectivity index (χ1n) is 9.76. The summed E-state index contributed by atoms with van der Waals surface area (Å²) in [6.07, 6.45) is 2.03. The van der Waals surface area contributed by atoms with Crippen molar-refractivity contribution in [2.45, 2.75) is 26.3 Å². The monoisotopic (exact) mass is 358 g/mol. The lowest BCUT2D eigenvalue weighted by Crippen LogP contribution is -2.40. The quantitative estimate of drug-likeness (QED) is 0.712. The molecule has 138 valence electrons. The predicted molar refractivity (Wildman–Crippen MR) is 112 cm³/mol. The van der Waals surface area contributed by atoms with Gasteiger partial charge < -0.3 is 5.32 Å². The van der Waals surface area contributed by atoms with Crippen LogP contribution in [0.4, 0.5) is 5.69 Å². The summed E-state index contributed by atoms with van der Waals surface area (Å²) in [4.78, 5) is 15.4. The van der Waals surface area contributed by atoms with Crippen molar-refractivity contribution in [3.05, 3.63) is 77.9 Å². The summed E-state index contributed by atoms with van der Waals surface area (Å²) in [5.74, 6) is 0.183. The van der Waals surface area contributed by atoms with Gasteiger partial charge in [-0.05, 0) is 48.9 Å². The first-order valence-corrected chi connectivity index (χ1v) is 9.76. The van der Waals surface area contributed by atoms with E-state index in [-0.39, 0.29) is 11.8 Å². The number of aryl methyl sites for hydroxylation is 1. The summed E-state index contributed by atoms with van der Waals surface area (Å²) in [7, 11) is 0. The highest BCUT2D eigenvalue weighted by molar-refractivity contribution is 6.02. The molecule has 0 spiro atoms. The smallest absolute Gasteiger partial charge is 0.228 e. The number of carbonyl (C=O) groups is 1. The summed E-state index contributed by atoms with van der Waals surface area (Å²) in [5.41, 5.74) is 3.58. The van der Waals surface area contributed by atoms with Gasteiger partial charge in [0.2, 0.25) is 5.91 Å². The Kier molecular flexibility index (Phi) is 5.21. The number of nitrogens with zero attached hydrogens (tertiary/aromatic N) is 1. The van der Waals surface area contributed by atoms with Crippen LogP contribution in [0.25, 0.3) is 10.8 Å². The highest BCUT2D eigenvalue weighted by Crippen LogP contribution is 2.25. The van der Waals surface area contributed by atoms with Crippen molar-refractivity contribution >= 4 is 22.4 Å². The van der Waals surface area contributed by atoms with E-state index in [1.54, 1.807) is 0 Å². The van der Waals surface area contributed by atoms with Gasteiger partial charge in [-0.3, -0.25) is 9.69 Å². The second-order valence-electron chi connectivity index (χ2n) is 7.52. The van der Waals surface area contributed by atoms with Crippen LogP contribution in [-0.4, -0.2) is 23.9 Å². The second kappa shape index (κ2) is 7.93. The van der Waals surface area contributed by atoms with E-state index in [9.17, 15) is 4.79 Å². The molecule has 0 radical (unpaired) electrons. The number of fused-ring (bicyclic) bond motifs is 1. The minimum absolute atomic E-state index is 0.0433. The van der Waals surface area contributed by atoms with Crippen LogP contribution in [0.1, 0.15) is 24.0 Å². The van der Waals surface area contributed by atoms with Gasteiger partial charge in [0.05, 0.1) is 5.92 Å². The van der Waals surface area contributed by atoms with Crippen LogP contribution in [0.3, 0.4) is 0 Å². The molecular formula is C24H26N2O. The van der Waals surface area contributed by atoms with Gasteiger partial charge in [-0.15, -0.1) is 0 Å². The molecule has 1 unspecified atom stereocenters. The summed E-state index contributed by atoms with van der Waals surface area (Å²) in [5, 5.41) is 5.44. The number of amides is 1. The lowest BCUT2D eigenvalue weighted by Gasteiger charge is -2.32. The van der Waals surface area contributed by atoms with Crippen LogP contribution in [0.2, 0.25) is 0 Å². The van der Waals surface area contributed by atoms with Crippen molar-refractivity contribution in [2.24, 2.45) is 5.92 Å². The zero-order chi connectivity index (χ0) is 18.6. The molecule has 1 aliphatic rings. The average Bonchev–Trinajstić information content (AvgIpc) is 2.70. The van der Waals surface area contributed by atoms with E-state index in [0.29, 0.717) is 0 Å². The molecule has 1 fully saturated rings. The molecule has 1 saturated heterocycles. The van der Waals surface area contributed by atoms with E-state index < -0.39 is 0 Å². The van der Waals surface area contributed by atoms with Gasteiger partial charge in [0, 0.05) is 24.2 Å². The number of nitrogens with one attached hydrogen (secondary N) is 1. The molecule has 1 heterocycles. The Morgan fingerprint density at radius 2 is 1.81 bits per heavy atom. The average molecular weight is 358 g/mol. The van der Waals surface area contributed by atoms with Gasteiger partial charge in [-0.25, -0.2) is 0 Å². The van der Waals surface area contributed by atoms with Gasteiger partial charge in [0.25, 0.3) is 0 Å². The Bertz CT molecular complexity index is 945. The molecule has 3 heteroatoms. The molecule has 1 N–H and O–H groups in total. The van der Waals surface area contributed by atoms with Gasteiger partial charge in [0.1, 0.15) is 0 Å². The van der Waals surface area contributed by atoms with E-state index in [0.717, 1.165) is 48.9 Å². The van der Waals surface area contributed by atoms with Crippen LogP contribution in [0.15, 0.2) is 66.7 Å². The van der Waals surface area contributed by atoms with Gasteiger partial charge in [-0.2, -0.15) is 0 Å². The lowest BCUT2D eigenvalue weighted by molar-refractivity contribution is -0.121. The molecule has 3 aromatic carbocycles. The normalized spacial score (nSPS) is 17.7. The molecule has 0 aliphatic carbocycles. The van der Waals surface area contributed by atoms with Gasteiger partial charge in [0.15, 0.2) is 0 Å². The fourth-order valence-electron chi connectivity index (χ4n) is 4.01. The standard InChI is InChI=1S/C24H26N2O/c1-18-8-2-3-10-20(18)16-26-15-7-12-21(17-26)24(27)25-23-14-6-11-19-9-4-5-13-22(19)23/h2-6,8-11,13-14,21H,7,12,15-17H2,1H3,(H,25,27). The summed E-state index contributed by atoms with van der Waals surface area (Å²) in [6.45, 7) is 4.96. The van der Waals surface area contributed by atoms with Crippen LogP contribution >= 0.6 is 0 Å². The predicted octanol–water partition coefficient (Wildman–Crippen LogP) is 5.00. The highest BCUT2D eigenvalue weighted by atomic mass is 16.1. The van der Waals surface area contributed by atoms with E-state index >= 15 is 0 Å². The maximum Gasteiger partial charge on any atom is 0.228 e. The second-order valence-corrected chi connectivity index (χ2v) is 7.52. The third-order valence-corrected chi connectivity index (χ3v) is 5.58.